The SMILES string of the molecule is CC(=O)Nc1ccc(F)c(NC(=O)c2nc(C)n(-c3ccc(F)cc3)n2)c1. The summed E-state index contributed by atoms with van der Waals surface area (Å²) in [7, 11) is 0. The molecular formula is C18H15F2N5O2. The van der Waals surface area contributed by atoms with E-state index >= 15 is 0 Å². The minimum Gasteiger partial charge on any atom is -0.326 e. The first-order chi connectivity index (χ1) is 12.8. The number of nitrogens with one attached hydrogen (secondary N) is 2. The summed E-state index contributed by atoms with van der Waals surface area (Å²) >= 11 is 0. The molecule has 0 saturated carbocycles. The molecule has 7 nitrogen and oxygen atoms in total. The summed E-state index contributed by atoms with van der Waals surface area (Å²) in [4.78, 5) is 27.6. The summed E-state index contributed by atoms with van der Waals surface area (Å²) in [5, 5.41) is 8.96. The Labute approximate surface area is 153 Å². The molecule has 9 heteroatoms. The Balaban J connectivity index is 1.84. The van der Waals surface area contributed by atoms with Crippen molar-refractivity contribution in [2.24, 2.45) is 0 Å². The van der Waals surface area contributed by atoms with Crippen LogP contribution in [0.25, 0.3) is 5.69 Å². The van der Waals surface area contributed by atoms with E-state index < -0.39 is 17.5 Å². The van der Waals surface area contributed by atoms with Gasteiger partial charge in [0.25, 0.3) is 5.91 Å². The molecule has 0 aliphatic carbocycles. The average molecular weight is 371 g/mol. The van der Waals surface area contributed by atoms with E-state index in [-0.39, 0.29) is 17.4 Å². The monoisotopic (exact) mass is 371 g/mol. The predicted octanol–water partition coefficient (Wildman–Crippen LogP) is 3.06. The molecule has 0 saturated heterocycles. The van der Waals surface area contributed by atoms with Crippen LogP contribution in [0.15, 0.2) is 42.5 Å². The number of nitrogens with zero attached hydrogens (tertiary/aromatic N) is 3. The van der Waals surface area contributed by atoms with E-state index in [1.54, 1.807) is 6.92 Å². The molecular weight excluding hydrogens is 356 g/mol. The largest absolute Gasteiger partial charge is 0.326 e. The lowest BCUT2D eigenvalue weighted by Gasteiger charge is -2.07. The number of aromatic nitrogens is 3. The van der Waals surface area contributed by atoms with Crippen LogP contribution in [0.4, 0.5) is 20.2 Å². The van der Waals surface area contributed by atoms with Gasteiger partial charge in [-0.1, -0.05) is 0 Å². The second kappa shape index (κ2) is 7.32. The Kier molecular flexibility index (Phi) is 4.93. The van der Waals surface area contributed by atoms with Crippen LogP contribution in [0.3, 0.4) is 0 Å². The van der Waals surface area contributed by atoms with Crippen molar-refractivity contribution in [3.8, 4) is 5.69 Å². The van der Waals surface area contributed by atoms with Crippen molar-refractivity contribution in [1.29, 1.82) is 0 Å². The smallest absolute Gasteiger partial charge is 0.295 e. The molecule has 1 heterocycles. The number of benzene rings is 2. The Morgan fingerprint density at radius 2 is 1.74 bits per heavy atom. The van der Waals surface area contributed by atoms with Crippen LogP contribution in [0.1, 0.15) is 23.4 Å². The van der Waals surface area contributed by atoms with Crippen LogP contribution in [0, 0.1) is 18.6 Å². The zero-order valence-corrected chi connectivity index (χ0v) is 14.5. The van der Waals surface area contributed by atoms with Gasteiger partial charge in [0.15, 0.2) is 0 Å². The molecule has 2 N–H and O–H groups in total. The summed E-state index contributed by atoms with van der Waals surface area (Å²) in [5.41, 5.74) is 0.738. The molecule has 3 aromatic rings. The van der Waals surface area contributed by atoms with Gasteiger partial charge in [0.1, 0.15) is 17.5 Å². The van der Waals surface area contributed by atoms with Crippen LogP contribution < -0.4 is 10.6 Å². The number of rotatable bonds is 4. The molecule has 2 amide bonds. The van der Waals surface area contributed by atoms with Gasteiger partial charge in [0.2, 0.25) is 11.7 Å². The molecule has 1 aromatic heterocycles. The summed E-state index contributed by atoms with van der Waals surface area (Å²) in [6.45, 7) is 2.95. The summed E-state index contributed by atoms with van der Waals surface area (Å²) in [6.07, 6.45) is 0. The maximum Gasteiger partial charge on any atom is 0.295 e. The van der Waals surface area contributed by atoms with Crippen molar-refractivity contribution in [3.05, 3.63) is 65.7 Å². The molecule has 138 valence electrons. The van der Waals surface area contributed by atoms with Crippen molar-refractivity contribution in [3.63, 3.8) is 0 Å². The molecule has 0 bridgehead atoms. The Hall–Kier alpha value is -3.62. The third-order valence-corrected chi connectivity index (χ3v) is 3.58. The van der Waals surface area contributed by atoms with E-state index in [0.717, 1.165) is 6.07 Å². The predicted molar refractivity (Wildman–Crippen MR) is 94.7 cm³/mol. The fraction of sp³-hybridized carbons (Fsp3) is 0.111. The molecule has 0 atom stereocenters. The molecule has 0 aliphatic heterocycles. The first-order valence-electron chi connectivity index (χ1n) is 7.91. The number of hydrogen-bond donors (Lipinski definition) is 2. The first-order valence-corrected chi connectivity index (χ1v) is 7.91. The van der Waals surface area contributed by atoms with Gasteiger partial charge in [0, 0.05) is 12.6 Å². The summed E-state index contributed by atoms with van der Waals surface area (Å²) in [6, 6.07) is 9.30. The van der Waals surface area contributed by atoms with Crippen LogP contribution >= 0.6 is 0 Å². The fourth-order valence-electron chi connectivity index (χ4n) is 2.39. The third-order valence-electron chi connectivity index (χ3n) is 3.58. The van der Waals surface area contributed by atoms with E-state index in [0.29, 0.717) is 17.2 Å². The van der Waals surface area contributed by atoms with E-state index in [2.05, 4.69) is 20.7 Å². The van der Waals surface area contributed by atoms with Crippen LogP contribution in [0.5, 0.6) is 0 Å². The van der Waals surface area contributed by atoms with Crippen molar-refractivity contribution in [2.75, 3.05) is 10.6 Å². The van der Waals surface area contributed by atoms with E-state index in [1.165, 1.54) is 48.0 Å². The van der Waals surface area contributed by atoms with E-state index in [1.807, 2.05) is 0 Å². The van der Waals surface area contributed by atoms with Gasteiger partial charge < -0.3 is 10.6 Å². The molecule has 0 aliphatic rings. The average Bonchev–Trinajstić information content (AvgIpc) is 3.00. The van der Waals surface area contributed by atoms with Crippen LogP contribution in [0.2, 0.25) is 0 Å². The molecule has 0 spiro atoms. The molecule has 3 rings (SSSR count). The lowest BCUT2D eigenvalue weighted by Crippen LogP contribution is -2.16. The first kappa shape index (κ1) is 18.2. The highest BCUT2D eigenvalue weighted by Crippen LogP contribution is 2.20. The maximum absolute atomic E-state index is 14.0. The minimum absolute atomic E-state index is 0.123. The van der Waals surface area contributed by atoms with Crippen molar-refractivity contribution >= 4 is 23.2 Å². The van der Waals surface area contributed by atoms with Crippen molar-refractivity contribution in [1.82, 2.24) is 14.8 Å². The summed E-state index contributed by atoms with van der Waals surface area (Å²) in [5.74, 6) is -1.90. The Bertz CT molecular complexity index is 1020. The standard InChI is InChI=1S/C18H15F2N5O2/c1-10-21-17(24-25(10)14-6-3-12(19)4-7-14)18(27)23-16-9-13(22-11(2)26)5-8-15(16)20/h3-9H,1-2H3,(H,22,26)(H,23,27). The molecule has 0 fully saturated rings. The lowest BCUT2D eigenvalue weighted by atomic mass is 10.2. The zero-order chi connectivity index (χ0) is 19.6. The van der Waals surface area contributed by atoms with Gasteiger partial charge in [-0.3, -0.25) is 9.59 Å². The number of anilines is 2. The second-order valence-electron chi connectivity index (χ2n) is 5.70. The molecule has 0 unspecified atom stereocenters. The topological polar surface area (TPSA) is 88.9 Å². The van der Waals surface area contributed by atoms with E-state index in [9.17, 15) is 18.4 Å². The van der Waals surface area contributed by atoms with Gasteiger partial charge in [-0.15, -0.1) is 5.10 Å². The number of hydrogen-bond acceptors (Lipinski definition) is 4. The van der Waals surface area contributed by atoms with E-state index in [4.69, 9.17) is 0 Å². The minimum atomic E-state index is -0.724. The number of carbonyl (C=O) groups is 2. The van der Waals surface area contributed by atoms with Gasteiger partial charge in [-0.05, 0) is 49.4 Å². The fourth-order valence-corrected chi connectivity index (χ4v) is 2.39. The highest BCUT2D eigenvalue weighted by molar-refractivity contribution is 6.02. The van der Waals surface area contributed by atoms with Crippen LogP contribution in [-0.2, 0) is 4.79 Å². The molecule has 2 aromatic carbocycles. The van der Waals surface area contributed by atoms with Crippen LogP contribution in [-0.4, -0.2) is 26.6 Å². The number of halogens is 2. The Morgan fingerprint density at radius 3 is 2.41 bits per heavy atom. The highest BCUT2D eigenvalue weighted by atomic mass is 19.1. The normalized spacial score (nSPS) is 10.5. The zero-order valence-electron chi connectivity index (χ0n) is 14.5. The summed E-state index contributed by atoms with van der Waals surface area (Å²) < 4.78 is 28.4. The van der Waals surface area contributed by atoms with Gasteiger partial charge in [-0.2, -0.15) is 0 Å². The van der Waals surface area contributed by atoms with Gasteiger partial charge in [-0.25, -0.2) is 18.4 Å². The molecule has 27 heavy (non-hydrogen) atoms. The van der Waals surface area contributed by atoms with Gasteiger partial charge in [0.05, 0.1) is 11.4 Å². The second-order valence-corrected chi connectivity index (χ2v) is 5.70. The lowest BCUT2D eigenvalue weighted by molar-refractivity contribution is -0.114. The number of carbonyl (C=O) groups excluding carboxylic acids is 2. The Morgan fingerprint density at radius 1 is 1.04 bits per heavy atom. The third kappa shape index (κ3) is 4.14. The number of amides is 2. The highest BCUT2D eigenvalue weighted by Gasteiger charge is 2.17. The quantitative estimate of drug-likeness (QED) is 0.738. The van der Waals surface area contributed by atoms with Crippen molar-refractivity contribution < 1.29 is 18.4 Å². The molecule has 0 radical (unpaired) electrons. The van der Waals surface area contributed by atoms with Gasteiger partial charge >= 0.3 is 0 Å². The van der Waals surface area contributed by atoms with Crippen molar-refractivity contribution in [2.45, 2.75) is 13.8 Å². The maximum atomic E-state index is 14.0. The number of aryl methyl sites for hydroxylation is 1.